The largest absolute Gasteiger partial charge is 0.507 e. The third kappa shape index (κ3) is 5.36. The lowest BCUT2D eigenvalue weighted by molar-refractivity contribution is -0.757. The number of nitrogens with zero attached hydrogens (tertiary/aromatic N) is 1. The summed E-state index contributed by atoms with van der Waals surface area (Å²) in [7, 11) is 0. The van der Waals surface area contributed by atoms with Crippen LogP contribution in [0.2, 0.25) is 0 Å². The molecule has 2 aromatic carbocycles. The molecule has 0 atom stereocenters. The second-order valence-corrected chi connectivity index (χ2v) is 7.66. The third-order valence-electron chi connectivity index (χ3n) is 4.78. The highest BCUT2D eigenvalue weighted by Crippen LogP contribution is 2.42. The number of aromatic hydroxyl groups is 2. The maximum absolute atomic E-state index is 10.6. The summed E-state index contributed by atoms with van der Waals surface area (Å²) in [6.45, 7) is 8.07. The molecule has 0 unspecified atom stereocenters. The summed E-state index contributed by atoms with van der Waals surface area (Å²) >= 11 is 0. The molecule has 0 radical (unpaired) electrons. The summed E-state index contributed by atoms with van der Waals surface area (Å²) < 4.78 is 0. The molecule has 6 nitrogen and oxygen atoms in total. The van der Waals surface area contributed by atoms with Crippen LogP contribution in [0.1, 0.15) is 49.8 Å². The number of benzene rings is 2. The van der Waals surface area contributed by atoms with E-state index in [4.69, 9.17) is 0 Å². The molecule has 0 spiro atoms. The quantitative estimate of drug-likeness (QED) is 0.384. The molecule has 0 bridgehead atoms. The first kappa shape index (κ1) is 20.6. The molecule has 0 amide bonds. The van der Waals surface area contributed by atoms with Gasteiger partial charge in [0, 0.05) is 0 Å². The van der Waals surface area contributed by atoms with Crippen LogP contribution in [0, 0.1) is 24.0 Å². The van der Waals surface area contributed by atoms with E-state index in [2.05, 4.69) is 4.84 Å². The number of phenolic OH excluding ortho intramolecular Hbond substituents is 2. The Kier molecular flexibility index (Phi) is 6.31. The molecule has 0 aromatic heterocycles. The van der Waals surface area contributed by atoms with Gasteiger partial charge in [-0.25, -0.2) is 0 Å². The van der Waals surface area contributed by atoms with Gasteiger partial charge in [-0.3, -0.25) is 0 Å². The van der Waals surface area contributed by atoms with Crippen molar-refractivity contribution in [1.29, 1.82) is 0 Å². The maximum atomic E-state index is 10.6. The highest BCUT2D eigenvalue weighted by molar-refractivity contribution is 5.77. The fourth-order valence-corrected chi connectivity index (χ4v) is 3.37. The molecular formula is C21H27NO5. The van der Waals surface area contributed by atoms with Crippen LogP contribution < -0.4 is 0 Å². The molecule has 146 valence electrons. The van der Waals surface area contributed by atoms with Crippen molar-refractivity contribution >= 4 is 0 Å². The minimum absolute atomic E-state index is 0.0414. The molecule has 2 N–H and O–H groups in total. The number of hydrogen-bond acceptors (Lipinski definition) is 5. The smallest absolute Gasteiger partial charge is 0.294 e. The van der Waals surface area contributed by atoms with Gasteiger partial charge in [0.1, 0.15) is 11.5 Å². The molecule has 2 rings (SSSR count). The van der Waals surface area contributed by atoms with Gasteiger partial charge >= 0.3 is 0 Å². The van der Waals surface area contributed by atoms with E-state index in [0.717, 1.165) is 35.1 Å². The Hall–Kier alpha value is -2.76. The molecule has 6 heteroatoms. The van der Waals surface area contributed by atoms with Crippen LogP contribution in [0.5, 0.6) is 11.5 Å². The molecule has 27 heavy (non-hydrogen) atoms. The lowest BCUT2D eigenvalue weighted by atomic mass is 9.79. The lowest BCUT2D eigenvalue weighted by Crippen LogP contribution is -2.17. The highest BCUT2D eigenvalue weighted by Gasteiger charge is 2.24. The Morgan fingerprint density at radius 2 is 1.56 bits per heavy atom. The fourth-order valence-electron chi connectivity index (χ4n) is 3.37. The first-order valence-electron chi connectivity index (χ1n) is 9.02. The van der Waals surface area contributed by atoms with Gasteiger partial charge < -0.3 is 15.1 Å². The van der Waals surface area contributed by atoms with Crippen molar-refractivity contribution in [2.24, 2.45) is 0 Å². The summed E-state index contributed by atoms with van der Waals surface area (Å²) in [6.07, 6.45) is 2.06. The number of hydrogen-bond donors (Lipinski definition) is 2. The van der Waals surface area contributed by atoms with Gasteiger partial charge in [-0.05, 0) is 55.4 Å². The summed E-state index contributed by atoms with van der Waals surface area (Å²) in [5.74, 6) is 0.0829. The van der Waals surface area contributed by atoms with E-state index in [0.29, 0.717) is 12.0 Å². The summed E-state index contributed by atoms with van der Waals surface area (Å²) in [6, 6.07) is 9.29. The van der Waals surface area contributed by atoms with Crippen molar-refractivity contribution in [2.75, 3.05) is 6.61 Å². The number of aryl methyl sites for hydroxylation is 2. The molecule has 0 aliphatic heterocycles. The maximum Gasteiger partial charge on any atom is 0.294 e. The van der Waals surface area contributed by atoms with Crippen molar-refractivity contribution in [3.8, 4) is 22.6 Å². The van der Waals surface area contributed by atoms with E-state index in [1.54, 1.807) is 12.1 Å². The Bertz CT molecular complexity index is 786. The van der Waals surface area contributed by atoms with Gasteiger partial charge in [0.25, 0.3) is 5.09 Å². The van der Waals surface area contributed by atoms with E-state index in [1.807, 2.05) is 45.9 Å². The van der Waals surface area contributed by atoms with Crippen LogP contribution in [0.25, 0.3) is 11.1 Å². The summed E-state index contributed by atoms with van der Waals surface area (Å²) in [4.78, 5) is 14.5. The normalized spacial score (nSPS) is 11.4. The molecule has 0 heterocycles. The standard InChI is InChI=1S/C21H27NO5/c1-14-9-15(2)11-16(10-14)20-18(23)12-17(13-19(20)24)21(3,4)7-5-6-8-27-22(25)26/h9-13,23-24H,5-8H2,1-4H3. The van der Waals surface area contributed by atoms with Crippen LogP contribution in [-0.4, -0.2) is 21.9 Å². The topological polar surface area (TPSA) is 92.8 Å². The number of phenols is 2. The van der Waals surface area contributed by atoms with Crippen molar-refractivity contribution in [3.63, 3.8) is 0 Å². The van der Waals surface area contributed by atoms with Crippen LogP contribution >= 0.6 is 0 Å². The van der Waals surface area contributed by atoms with E-state index < -0.39 is 5.09 Å². The highest BCUT2D eigenvalue weighted by atomic mass is 16.9. The molecule has 0 aliphatic carbocycles. The van der Waals surface area contributed by atoms with Crippen molar-refractivity contribution in [3.05, 3.63) is 57.1 Å². The zero-order valence-electron chi connectivity index (χ0n) is 16.3. The predicted octanol–water partition coefficient (Wildman–Crippen LogP) is 5.04. The molecule has 0 saturated carbocycles. The van der Waals surface area contributed by atoms with Crippen molar-refractivity contribution < 1.29 is 20.1 Å². The lowest BCUT2D eigenvalue weighted by Gasteiger charge is -2.26. The van der Waals surface area contributed by atoms with E-state index in [-0.39, 0.29) is 23.5 Å². The molecule has 0 saturated heterocycles. The number of unbranched alkanes of at least 4 members (excludes halogenated alkanes) is 1. The van der Waals surface area contributed by atoms with Crippen molar-refractivity contribution in [2.45, 2.75) is 52.4 Å². The van der Waals surface area contributed by atoms with Crippen LogP contribution in [-0.2, 0) is 10.3 Å². The average Bonchev–Trinajstić information content (AvgIpc) is 2.52. The SMILES string of the molecule is Cc1cc(C)cc(-c2c(O)cc(C(C)(C)CCCCO[N+](=O)[O-])cc2O)c1. The predicted molar refractivity (Wildman–Crippen MR) is 105 cm³/mol. The van der Waals surface area contributed by atoms with Crippen LogP contribution in [0.4, 0.5) is 0 Å². The van der Waals surface area contributed by atoms with Crippen LogP contribution in [0.15, 0.2) is 30.3 Å². The second-order valence-electron chi connectivity index (χ2n) is 7.66. The molecule has 2 aromatic rings. The van der Waals surface area contributed by atoms with Crippen LogP contribution in [0.3, 0.4) is 0 Å². The summed E-state index contributed by atoms with van der Waals surface area (Å²) in [5.41, 5.74) is 3.85. The van der Waals surface area contributed by atoms with Gasteiger partial charge in [-0.1, -0.05) is 49.6 Å². The zero-order valence-corrected chi connectivity index (χ0v) is 16.3. The second kappa shape index (κ2) is 8.29. The molecular weight excluding hydrogens is 346 g/mol. The van der Waals surface area contributed by atoms with Gasteiger partial charge in [-0.15, -0.1) is 10.1 Å². The molecule has 0 fully saturated rings. The van der Waals surface area contributed by atoms with Gasteiger partial charge in [0.15, 0.2) is 0 Å². The van der Waals surface area contributed by atoms with Gasteiger partial charge in [-0.2, -0.15) is 0 Å². The Morgan fingerprint density at radius 1 is 1.00 bits per heavy atom. The summed E-state index contributed by atoms with van der Waals surface area (Å²) in [5, 5.41) is 30.6. The van der Waals surface area contributed by atoms with Gasteiger partial charge in [0.2, 0.25) is 0 Å². The Balaban J connectivity index is 2.20. The first-order valence-corrected chi connectivity index (χ1v) is 9.02. The minimum Gasteiger partial charge on any atom is -0.507 e. The third-order valence-corrected chi connectivity index (χ3v) is 4.78. The van der Waals surface area contributed by atoms with Gasteiger partial charge in [0.05, 0.1) is 12.2 Å². The first-order chi connectivity index (χ1) is 12.6. The fraction of sp³-hybridized carbons (Fsp3) is 0.429. The monoisotopic (exact) mass is 373 g/mol. The minimum atomic E-state index is -0.785. The van der Waals surface area contributed by atoms with Crippen molar-refractivity contribution in [1.82, 2.24) is 0 Å². The Labute approximate surface area is 159 Å². The van der Waals surface area contributed by atoms with E-state index in [9.17, 15) is 20.3 Å². The zero-order chi connectivity index (χ0) is 20.2. The Morgan fingerprint density at radius 3 is 2.07 bits per heavy atom. The average molecular weight is 373 g/mol. The molecule has 0 aliphatic rings. The van der Waals surface area contributed by atoms with E-state index in [1.165, 1.54) is 0 Å². The number of rotatable bonds is 8. The van der Waals surface area contributed by atoms with E-state index >= 15 is 0 Å².